The molecule has 1 fully saturated rings. The van der Waals surface area contributed by atoms with E-state index in [0.29, 0.717) is 13.1 Å². The lowest BCUT2D eigenvalue weighted by molar-refractivity contribution is 0.0202. The van der Waals surface area contributed by atoms with Crippen LogP contribution < -0.4 is 0 Å². The highest BCUT2D eigenvalue weighted by molar-refractivity contribution is 8.13. The normalized spacial score (nSPS) is 15.7. The van der Waals surface area contributed by atoms with Crippen molar-refractivity contribution in [2.45, 2.75) is 45.0 Å². The predicted molar refractivity (Wildman–Crippen MR) is 114 cm³/mol. The number of carbonyl (C=O) groups excluding carboxylic acids is 1. The van der Waals surface area contributed by atoms with E-state index in [0.717, 1.165) is 23.6 Å². The van der Waals surface area contributed by atoms with E-state index < -0.39 is 5.60 Å². The summed E-state index contributed by atoms with van der Waals surface area (Å²) in [5.41, 5.74) is 0.783. The van der Waals surface area contributed by atoms with Crippen LogP contribution in [0.4, 0.5) is 4.79 Å². The quantitative estimate of drug-likeness (QED) is 0.546. The lowest BCUT2D eigenvalue weighted by Gasteiger charge is -2.33. The molecule has 0 spiro atoms. The summed E-state index contributed by atoms with van der Waals surface area (Å²) in [6, 6.07) is 14.9. The number of nitrogens with one attached hydrogen (secondary N) is 1. The minimum atomic E-state index is -0.462. The van der Waals surface area contributed by atoms with Gasteiger partial charge in [-0.05, 0) is 49.9 Å². The molecule has 0 aromatic heterocycles. The Kier molecular flexibility index (Phi) is 6.10. The molecule has 4 nitrogen and oxygen atoms in total. The van der Waals surface area contributed by atoms with Gasteiger partial charge in [0.25, 0.3) is 0 Å². The van der Waals surface area contributed by atoms with E-state index in [-0.39, 0.29) is 12.0 Å². The van der Waals surface area contributed by atoms with Crippen molar-refractivity contribution in [1.29, 1.82) is 5.41 Å². The molecule has 3 rings (SSSR count). The molecule has 0 saturated carbocycles. The first-order valence-electron chi connectivity index (χ1n) is 9.49. The molecule has 0 unspecified atom stereocenters. The predicted octanol–water partition coefficient (Wildman–Crippen LogP) is 5.70. The van der Waals surface area contributed by atoms with Crippen LogP contribution in [0.1, 0.15) is 39.2 Å². The lowest BCUT2D eigenvalue weighted by atomic mass is 9.98. The smallest absolute Gasteiger partial charge is 0.410 e. The minimum Gasteiger partial charge on any atom is -0.444 e. The Balaban J connectivity index is 1.48. The average Bonchev–Trinajstić information content (AvgIpc) is 2.64. The van der Waals surface area contributed by atoms with Gasteiger partial charge in [0, 0.05) is 24.8 Å². The number of hydrogen-bond donors (Lipinski definition) is 1. The van der Waals surface area contributed by atoms with Gasteiger partial charge >= 0.3 is 6.09 Å². The molecular formula is C22H28N2O2S. The summed E-state index contributed by atoms with van der Waals surface area (Å²) >= 11 is 1.61. The fourth-order valence-corrected chi connectivity index (χ4v) is 4.23. The van der Waals surface area contributed by atoms with E-state index >= 15 is 0 Å². The highest BCUT2D eigenvalue weighted by Crippen LogP contribution is 2.27. The van der Waals surface area contributed by atoms with Crippen molar-refractivity contribution in [2.24, 2.45) is 5.92 Å². The summed E-state index contributed by atoms with van der Waals surface area (Å²) < 4.78 is 5.44. The van der Waals surface area contributed by atoms with Crippen molar-refractivity contribution >= 4 is 33.7 Å². The van der Waals surface area contributed by atoms with Crippen LogP contribution >= 0.6 is 11.8 Å². The van der Waals surface area contributed by atoms with E-state index in [1.165, 1.54) is 16.3 Å². The second-order valence-electron chi connectivity index (χ2n) is 8.08. The van der Waals surface area contributed by atoms with Crippen molar-refractivity contribution in [2.75, 3.05) is 13.1 Å². The van der Waals surface area contributed by atoms with Crippen LogP contribution in [0, 0.1) is 11.3 Å². The summed E-state index contributed by atoms with van der Waals surface area (Å²) in [5.74, 6) is 1.06. The maximum Gasteiger partial charge on any atom is 0.410 e. The zero-order chi connectivity index (χ0) is 19.4. The third-order valence-corrected chi connectivity index (χ3v) is 5.85. The van der Waals surface area contributed by atoms with Gasteiger partial charge in [0.1, 0.15) is 5.60 Å². The molecule has 144 valence electrons. The molecular weight excluding hydrogens is 356 g/mol. The van der Waals surface area contributed by atoms with Crippen LogP contribution in [0.5, 0.6) is 0 Å². The summed E-state index contributed by atoms with van der Waals surface area (Å²) in [6.45, 7) is 6.99. The van der Waals surface area contributed by atoms with Crippen molar-refractivity contribution in [3.05, 3.63) is 48.0 Å². The number of nitrogens with zero attached hydrogens (tertiary/aromatic N) is 1. The van der Waals surface area contributed by atoms with Crippen LogP contribution in [-0.4, -0.2) is 34.7 Å². The number of hydrogen-bond acceptors (Lipinski definition) is 4. The fourth-order valence-electron chi connectivity index (χ4n) is 3.26. The van der Waals surface area contributed by atoms with Crippen molar-refractivity contribution in [3.63, 3.8) is 0 Å². The van der Waals surface area contributed by atoms with Crippen molar-refractivity contribution in [1.82, 2.24) is 4.90 Å². The summed E-state index contributed by atoms with van der Waals surface area (Å²) in [6.07, 6.45) is 1.43. The second kappa shape index (κ2) is 8.34. The lowest BCUT2D eigenvalue weighted by Crippen LogP contribution is -2.42. The van der Waals surface area contributed by atoms with Gasteiger partial charge in [0.05, 0.1) is 5.04 Å². The standard InChI is InChI=1S/C22H28N2O2S/c1-22(2,3)26-21(25)24-12-10-18(11-13-24)20(23)27-15-16-8-9-17-6-4-5-7-19(17)14-16/h4-9,14,18,23H,10-13,15H2,1-3H3. The number of amides is 1. The van der Waals surface area contributed by atoms with Crippen LogP contribution in [0.2, 0.25) is 0 Å². The van der Waals surface area contributed by atoms with Gasteiger partial charge in [0.15, 0.2) is 0 Å². The Morgan fingerprint density at radius 1 is 1.15 bits per heavy atom. The monoisotopic (exact) mass is 384 g/mol. The Bertz CT molecular complexity index is 820. The number of piperidine rings is 1. The first-order valence-corrected chi connectivity index (χ1v) is 10.5. The SMILES string of the molecule is CC(C)(C)OC(=O)N1CCC(C(=N)SCc2ccc3ccccc3c2)CC1. The topological polar surface area (TPSA) is 53.4 Å². The largest absolute Gasteiger partial charge is 0.444 e. The van der Waals surface area contributed by atoms with E-state index in [1.807, 2.05) is 20.8 Å². The first kappa shape index (κ1) is 19.7. The third-order valence-electron chi connectivity index (χ3n) is 4.73. The molecule has 1 amide bonds. The number of rotatable bonds is 3. The number of carbonyl (C=O) groups is 1. The van der Waals surface area contributed by atoms with Crippen LogP contribution in [0.25, 0.3) is 10.8 Å². The number of ether oxygens (including phenoxy) is 1. The molecule has 0 bridgehead atoms. The molecule has 2 aromatic rings. The van der Waals surface area contributed by atoms with Gasteiger partial charge in [-0.1, -0.05) is 42.5 Å². The molecule has 1 saturated heterocycles. The number of fused-ring (bicyclic) bond motifs is 1. The molecule has 27 heavy (non-hydrogen) atoms. The van der Waals surface area contributed by atoms with E-state index in [2.05, 4.69) is 42.5 Å². The van der Waals surface area contributed by atoms with Crippen molar-refractivity contribution in [3.8, 4) is 0 Å². The van der Waals surface area contributed by atoms with Crippen molar-refractivity contribution < 1.29 is 9.53 Å². The maximum atomic E-state index is 12.2. The molecule has 0 radical (unpaired) electrons. The molecule has 1 heterocycles. The van der Waals surface area contributed by atoms with Gasteiger partial charge in [-0.25, -0.2) is 4.79 Å². The summed E-state index contributed by atoms with van der Waals surface area (Å²) in [5, 5.41) is 11.7. The van der Waals surface area contributed by atoms with Crippen LogP contribution in [0.15, 0.2) is 42.5 Å². The second-order valence-corrected chi connectivity index (χ2v) is 9.09. The maximum absolute atomic E-state index is 12.2. The zero-order valence-electron chi connectivity index (χ0n) is 16.3. The Morgan fingerprint density at radius 2 is 1.81 bits per heavy atom. The molecule has 0 atom stereocenters. The number of benzene rings is 2. The molecule has 1 aliphatic rings. The first-order chi connectivity index (χ1) is 12.8. The van der Waals surface area contributed by atoms with E-state index in [1.54, 1.807) is 16.7 Å². The van der Waals surface area contributed by atoms with Gasteiger partial charge in [-0.2, -0.15) is 0 Å². The highest BCUT2D eigenvalue weighted by atomic mass is 32.2. The molecule has 0 aliphatic carbocycles. The highest BCUT2D eigenvalue weighted by Gasteiger charge is 2.28. The Labute approximate surface area is 165 Å². The minimum absolute atomic E-state index is 0.240. The van der Waals surface area contributed by atoms with Gasteiger partial charge in [-0.3, -0.25) is 5.41 Å². The van der Waals surface area contributed by atoms with Gasteiger partial charge < -0.3 is 9.64 Å². The summed E-state index contributed by atoms with van der Waals surface area (Å²) in [7, 11) is 0. The molecule has 1 aliphatic heterocycles. The average molecular weight is 385 g/mol. The molecule has 2 aromatic carbocycles. The van der Waals surface area contributed by atoms with Crippen LogP contribution in [-0.2, 0) is 10.5 Å². The zero-order valence-corrected chi connectivity index (χ0v) is 17.1. The summed E-state index contributed by atoms with van der Waals surface area (Å²) in [4.78, 5) is 13.9. The Hall–Kier alpha value is -2.01. The number of likely N-dealkylation sites (tertiary alicyclic amines) is 1. The Morgan fingerprint density at radius 3 is 2.48 bits per heavy atom. The molecule has 1 N–H and O–H groups in total. The molecule has 5 heteroatoms. The van der Waals surface area contributed by atoms with E-state index in [4.69, 9.17) is 10.1 Å². The van der Waals surface area contributed by atoms with Gasteiger partial charge in [-0.15, -0.1) is 11.8 Å². The fraction of sp³-hybridized carbons (Fsp3) is 0.455. The number of thioether (sulfide) groups is 1. The van der Waals surface area contributed by atoms with Crippen LogP contribution in [0.3, 0.4) is 0 Å². The van der Waals surface area contributed by atoms with Gasteiger partial charge in [0.2, 0.25) is 0 Å². The van der Waals surface area contributed by atoms with E-state index in [9.17, 15) is 4.79 Å². The third kappa shape index (κ3) is 5.48.